The monoisotopic (exact) mass is 298 g/mol. The first-order valence-corrected chi connectivity index (χ1v) is 7.98. The van der Waals surface area contributed by atoms with Crippen LogP contribution in [0.2, 0.25) is 0 Å². The van der Waals surface area contributed by atoms with Gasteiger partial charge in [-0.25, -0.2) is 4.98 Å². The predicted octanol–water partition coefficient (Wildman–Crippen LogP) is 1.97. The van der Waals surface area contributed by atoms with Gasteiger partial charge in [-0.2, -0.15) is 0 Å². The molecule has 0 aromatic carbocycles. The molecule has 0 radical (unpaired) electrons. The Hall–Kier alpha value is -1.14. The lowest BCUT2D eigenvalue weighted by atomic mass is 10.3. The summed E-state index contributed by atoms with van der Waals surface area (Å²) in [4.78, 5) is 9.03. The van der Waals surface area contributed by atoms with E-state index in [1.54, 1.807) is 18.4 Å². The molecule has 1 aromatic heterocycles. The molecule has 0 aliphatic carbocycles. The molecule has 0 saturated carbocycles. The van der Waals surface area contributed by atoms with Crippen molar-refractivity contribution in [2.24, 2.45) is 4.99 Å². The van der Waals surface area contributed by atoms with Gasteiger partial charge in [0.1, 0.15) is 0 Å². The van der Waals surface area contributed by atoms with Crippen LogP contribution in [0.4, 0.5) is 0 Å². The molecule has 0 amide bonds. The number of hydrogen-bond donors (Lipinski definition) is 2. The summed E-state index contributed by atoms with van der Waals surface area (Å²) in [7, 11) is 1.71. The Balaban J connectivity index is 2.34. The zero-order valence-electron chi connectivity index (χ0n) is 12.9. The fourth-order valence-electron chi connectivity index (χ4n) is 1.78. The fraction of sp³-hybridized carbons (Fsp3) is 0.714. The molecule has 20 heavy (non-hydrogen) atoms. The minimum absolute atomic E-state index is 0.249. The lowest BCUT2D eigenvalue weighted by Gasteiger charge is -2.16. The summed E-state index contributed by atoms with van der Waals surface area (Å²) < 4.78 is 5.12. The van der Waals surface area contributed by atoms with E-state index in [1.165, 1.54) is 5.01 Å². The Labute approximate surface area is 125 Å². The number of thiazole rings is 1. The summed E-state index contributed by atoms with van der Waals surface area (Å²) in [5, 5.41) is 9.86. The van der Waals surface area contributed by atoms with Crippen LogP contribution >= 0.6 is 11.3 Å². The third kappa shape index (κ3) is 6.86. The number of aryl methyl sites for hydroxylation is 2. The quantitative estimate of drug-likeness (QED) is 0.438. The van der Waals surface area contributed by atoms with Gasteiger partial charge in [-0.1, -0.05) is 0 Å². The number of nitrogens with one attached hydrogen (secondary N) is 2. The van der Waals surface area contributed by atoms with Gasteiger partial charge >= 0.3 is 0 Å². The van der Waals surface area contributed by atoms with Gasteiger partial charge in [-0.15, -0.1) is 11.3 Å². The average molecular weight is 298 g/mol. The van der Waals surface area contributed by atoms with Crippen molar-refractivity contribution in [2.45, 2.75) is 39.7 Å². The van der Waals surface area contributed by atoms with E-state index in [1.807, 2.05) is 6.92 Å². The molecule has 1 atom stereocenters. The third-order valence-corrected chi connectivity index (χ3v) is 3.66. The average Bonchev–Trinajstić information content (AvgIpc) is 2.81. The number of nitrogens with zero attached hydrogens (tertiary/aromatic N) is 2. The molecular weight excluding hydrogens is 272 g/mol. The van der Waals surface area contributed by atoms with Crippen molar-refractivity contribution in [3.05, 3.63) is 16.1 Å². The lowest BCUT2D eigenvalue weighted by Crippen LogP contribution is -2.44. The molecule has 114 valence electrons. The highest BCUT2D eigenvalue weighted by Gasteiger charge is 2.04. The molecule has 0 aliphatic heterocycles. The van der Waals surface area contributed by atoms with Gasteiger partial charge in [0.15, 0.2) is 5.96 Å². The number of aromatic nitrogens is 1. The van der Waals surface area contributed by atoms with Crippen molar-refractivity contribution < 1.29 is 4.74 Å². The third-order valence-electron chi connectivity index (χ3n) is 2.63. The Morgan fingerprint density at radius 2 is 2.35 bits per heavy atom. The van der Waals surface area contributed by atoms with Gasteiger partial charge in [-0.3, -0.25) is 4.99 Å². The van der Waals surface area contributed by atoms with Crippen LogP contribution in [0.5, 0.6) is 0 Å². The van der Waals surface area contributed by atoms with Crippen LogP contribution in [0, 0.1) is 6.92 Å². The maximum atomic E-state index is 5.12. The molecule has 1 heterocycles. The van der Waals surface area contributed by atoms with E-state index in [9.17, 15) is 0 Å². The first kappa shape index (κ1) is 16.9. The zero-order valence-corrected chi connectivity index (χ0v) is 13.7. The van der Waals surface area contributed by atoms with Crippen molar-refractivity contribution in [3.63, 3.8) is 0 Å². The SMILES string of the molecule is CCNC(=NCCCc1nc(C)cs1)NC(C)COC. The summed E-state index contributed by atoms with van der Waals surface area (Å²) in [5.74, 6) is 0.854. The molecule has 0 saturated heterocycles. The molecule has 0 aliphatic rings. The Kier molecular flexibility index (Phi) is 8.22. The van der Waals surface area contributed by atoms with Crippen molar-refractivity contribution in [1.82, 2.24) is 15.6 Å². The van der Waals surface area contributed by atoms with Crippen molar-refractivity contribution >= 4 is 17.3 Å². The second-order valence-electron chi connectivity index (χ2n) is 4.75. The molecule has 1 rings (SSSR count). The van der Waals surface area contributed by atoms with E-state index in [2.05, 4.69) is 39.8 Å². The van der Waals surface area contributed by atoms with E-state index < -0.39 is 0 Å². The first-order chi connectivity index (χ1) is 9.65. The van der Waals surface area contributed by atoms with Crippen LogP contribution in [0.3, 0.4) is 0 Å². The van der Waals surface area contributed by atoms with Crippen LogP contribution in [0.25, 0.3) is 0 Å². The molecule has 0 bridgehead atoms. The highest BCUT2D eigenvalue weighted by Crippen LogP contribution is 2.10. The molecule has 6 heteroatoms. The Morgan fingerprint density at radius 1 is 1.55 bits per heavy atom. The van der Waals surface area contributed by atoms with Gasteiger partial charge in [-0.05, 0) is 27.2 Å². The van der Waals surface area contributed by atoms with Crippen LogP contribution in [-0.4, -0.2) is 43.8 Å². The van der Waals surface area contributed by atoms with Gasteiger partial charge in [0, 0.05) is 43.7 Å². The van der Waals surface area contributed by atoms with E-state index in [0.717, 1.165) is 37.6 Å². The zero-order chi connectivity index (χ0) is 14.8. The Bertz CT molecular complexity index is 406. The van der Waals surface area contributed by atoms with Gasteiger partial charge in [0.25, 0.3) is 0 Å². The van der Waals surface area contributed by atoms with E-state index in [-0.39, 0.29) is 6.04 Å². The standard InChI is InChI=1S/C14H26N4OS/c1-5-15-14(18-11(2)9-19-4)16-8-6-7-13-17-12(3)10-20-13/h10-11H,5-9H2,1-4H3,(H2,15,16,18). The van der Waals surface area contributed by atoms with Gasteiger partial charge in [0.05, 0.1) is 11.6 Å². The van der Waals surface area contributed by atoms with Crippen LogP contribution in [0.15, 0.2) is 10.4 Å². The minimum Gasteiger partial charge on any atom is -0.383 e. The number of methoxy groups -OCH3 is 1. The summed E-state index contributed by atoms with van der Waals surface area (Å²) >= 11 is 1.73. The molecule has 1 unspecified atom stereocenters. The molecule has 1 aromatic rings. The molecular formula is C14H26N4OS. The highest BCUT2D eigenvalue weighted by molar-refractivity contribution is 7.09. The normalized spacial score (nSPS) is 13.3. The van der Waals surface area contributed by atoms with Gasteiger partial charge in [0.2, 0.25) is 0 Å². The summed E-state index contributed by atoms with van der Waals surface area (Å²) in [6, 6.07) is 0.249. The van der Waals surface area contributed by atoms with Crippen molar-refractivity contribution in [2.75, 3.05) is 26.8 Å². The summed E-state index contributed by atoms with van der Waals surface area (Å²) in [6.07, 6.45) is 2.01. The second kappa shape index (κ2) is 9.72. The van der Waals surface area contributed by atoms with Crippen LogP contribution in [0.1, 0.15) is 31.0 Å². The van der Waals surface area contributed by atoms with Crippen LogP contribution in [-0.2, 0) is 11.2 Å². The minimum atomic E-state index is 0.249. The smallest absolute Gasteiger partial charge is 0.191 e. The number of guanidine groups is 1. The Morgan fingerprint density at radius 3 is 2.95 bits per heavy atom. The maximum absolute atomic E-state index is 5.12. The van der Waals surface area contributed by atoms with E-state index in [0.29, 0.717) is 6.61 Å². The molecule has 2 N–H and O–H groups in total. The largest absolute Gasteiger partial charge is 0.383 e. The van der Waals surface area contributed by atoms with E-state index in [4.69, 9.17) is 4.74 Å². The lowest BCUT2D eigenvalue weighted by molar-refractivity contribution is 0.179. The van der Waals surface area contributed by atoms with E-state index >= 15 is 0 Å². The second-order valence-corrected chi connectivity index (χ2v) is 5.69. The number of aliphatic imine (C=N–C) groups is 1. The fourth-order valence-corrected chi connectivity index (χ4v) is 2.60. The number of hydrogen-bond acceptors (Lipinski definition) is 4. The molecule has 0 fully saturated rings. The number of ether oxygens (including phenoxy) is 1. The predicted molar refractivity (Wildman–Crippen MR) is 85.6 cm³/mol. The summed E-state index contributed by atoms with van der Waals surface area (Å²) in [6.45, 7) is 8.50. The van der Waals surface area contributed by atoms with Crippen molar-refractivity contribution in [1.29, 1.82) is 0 Å². The van der Waals surface area contributed by atoms with Crippen LogP contribution < -0.4 is 10.6 Å². The van der Waals surface area contributed by atoms with Crippen molar-refractivity contribution in [3.8, 4) is 0 Å². The highest BCUT2D eigenvalue weighted by atomic mass is 32.1. The molecule has 0 spiro atoms. The topological polar surface area (TPSA) is 58.5 Å². The first-order valence-electron chi connectivity index (χ1n) is 7.10. The maximum Gasteiger partial charge on any atom is 0.191 e. The summed E-state index contributed by atoms with van der Waals surface area (Å²) in [5.41, 5.74) is 1.11. The van der Waals surface area contributed by atoms with Gasteiger partial charge < -0.3 is 15.4 Å². The molecule has 5 nitrogen and oxygen atoms in total. The number of rotatable bonds is 8.